The molecule has 2 atom stereocenters. The molecule has 2 heteroatoms. The van der Waals surface area contributed by atoms with Gasteiger partial charge in [-0.25, -0.2) is 0 Å². The smallest absolute Gasteiger partial charge is 0.0383 e. The van der Waals surface area contributed by atoms with Gasteiger partial charge in [0.05, 0.1) is 0 Å². The van der Waals surface area contributed by atoms with Crippen LogP contribution in [-0.2, 0) is 0 Å². The van der Waals surface area contributed by atoms with Gasteiger partial charge >= 0.3 is 0 Å². The van der Waals surface area contributed by atoms with Gasteiger partial charge in [-0.1, -0.05) is 65.2 Å². The van der Waals surface area contributed by atoms with Crippen molar-refractivity contribution in [2.45, 2.75) is 44.6 Å². The van der Waals surface area contributed by atoms with E-state index in [4.69, 9.17) is 0 Å². The molecule has 0 radical (unpaired) electrons. The second-order valence-electron chi connectivity index (χ2n) is 5.96. The van der Waals surface area contributed by atoms with Crippen LogP contribution in [0.15, 0.2) is 53.0 Å². The normalized spacial score (nSPS) is 22.0. The Balaban J connectivity index is 1.83. The first kappa shape index (κ1) is 14.6. The molecule has 0 aliphatic heterocycles. The summed E-state index contributed by atoms with van der Waals surface area (Å²) in [6, 6.07) is 17.9. The molecule has 0 saturated heterocycles. The van der Waals surface area contributed by atoms with E-state index < -0.39 is 0 Å². The summed E-state index contributed by atoms with van der Waals surface area (Å²) in [5, 5.41) is 3.81. The monoisotopic (exact) mass is 343 g/mol. The highest BCUT2D eigenvalue weighted by atomic mass is 79.9. The van der Waals surface area contributed by atoms with Gasteiger partial charge in [0.1, 0.15) is 0 Å². The molecule has 0 bridgehead atoms. The van der Waals surface area contributed by atoms with Gasteiger partial charge in [0.25, 0.3) is 0 Å². The van der Waals surface area contributed by atoms with E-state index in [-0.39, 0.29) is 0 Å². The highest BCUT2D eigenvalue weighted by molar-refractivity contribution is 9.10. The van der Waals surface area contributed by atoms with Crippen molar-refractivity contribution < 1.29 is 0 Å². The molecule has 0 heterocycles. The topological polar surface area (TPSA) is 12.0 Å². The number of hydrogen-bond donors (Lipinski definition) is 1. The maximum absolute atomic E-state index is 3.81. The summed E-state index contributed by atoms with van der Waals surface area (Å²) in [5.74, 6) is 0.623. The Morgan fingerprint density at radius 2 is 1.71 bits per heavy atom. The summed E-state index contributed by atoms with van der Waals surface area (Å²) in [6.07, 6.45) is 5.21. The Morgan fingerprint density at radius 3 is 2.52 bits per heavy atom. The summed E-state index contributed by atoms with van der Waals surface area (Å²) in [5.41, 5.74) is 4.04. The van der Waals surface area contributed by atoms with Gasteiger partial charge in [-0.3, -0.25) is 0 Å². The summed E-state index contributed by atoms with van der Waals surface area (Å²) >= 11 is 3.63. The van der Waals surface area contributed by atoms with Crippen molar-refractivity contribution >= 4 is 21.6 Å². The van der Waals surface area contributed by atoms with E-state index in [0.717, 1.165) is 0 Å². The summed E-state index contributed by atoms with van der Waals surface area (Å²) in [6.45, 7) is 2.17. The minimum absolute atomic E-state index is 0.536. The van der Waals surface area contributed by atoms with Crippen molar-refractivity contribution in [3.8, 4) is 0 Å². The number of rotatable bonds is 3. The zero-order valence-corrected chi connectivity index (χ0v) is 14.1. The van der Waals surface area contributed by atoms with E-state index in [9.17, 15) is 0 Å². The maximum Gasteiger partial charge on any atom is 0.0383 e. The molecule has 2 unspecified atom stereocenters. The SMILES string of the molecule is Cc1c(Br)cccc1NC1CCCCC1c1ccccc1. The molecule has 1 aliphatic rings. The van der Waals surface area contributed by atoms with E-state index >= 15 is 0 Å². The van der Waals surface area contributed by atoms with E-state index in [1.165, 1.54) is 47.0 Å². The van der Waals surface area contributed by atoms with Crippen LogP contribution in [0.2, 0.25) is 0 Å². The summed E-state index contributed by atoms with van der Waals surface area (Å²) < 4.78 is 1.18. The molecule has 21 heavy (non-hydrogen) atoms. The van der Waals surface area contributed by atoms with Gasteiger partial charge in [0.15, 0.2) is 0 Å². The molecular formula is C19H22BrN. The third-order valence-electron chi connectivity index (χ3n) is 4.60. The standard InChI is InChI=1S/C19H22BrN/c1-14-17(20)11-7-13-18(14)21-19-12-6-5-10-16(19)15-8-3-2-4-9-15/h2-4,7-9,11,13,16,19,21H,5-6,10,12H2,1H3. The van der Waals surface area contributed by atoms with Crippen LogP contribution < -0.4 is 5.32 Å². The van der Waals surface area contributed by atoms with Gasteiger partial charge < -0.3 is 5.32 Å². The Kier molecular flexibility index (Phi) is 4.64. The number of nitrogens with one attached hydrogen (secondary N) is 1. The second-order valence-corrected chi connectivity index (χ2v) is 6.82. The number of benzene rings is 2. The van der Waals surface area contributed by atoms with Crippen molar-refractivity contribution in [1.29, 1.82) is 0 Å². The molecule has 2 aromatic rings. The van der Waals surface area contributed by atoms with E-state index in [1.54, 1.807) is 0 Å². The van der Waals surface area contributed by atoms with Gasteiger partial charge in [0, 0.05) is 22.1 Å². The summed E-state index contributed by atoms with van der Waals surface area (Å²) in [7, 11) is 0. The fourth-order valence-electron chi connectivity index (χ4n) is 3.37. The molecule has 1 nitrogen and oxygen atoms in total. The van der Waals surface area contributed by atoms with Gasteiger partial charge in [-0.2, -0.15) is 0 Å². The zero-order valence-electron chi connectivity index (χ0n) is 12.5. The first-order valence-electron chi connectivity index (χ1n) is 7.82. The fourth-order valence-corrected chi connectivity index (χ4v) is 3.73. The molecule has 110 valence electrons. The Morgan fingerprint density at radius 1 is 0.952 bits per heavy atom. The maximum atomic E-state index is 3.81. The van der Waals surface area contributed by atoms with Gasteiger partial charge in [0.2, 0.25) is 0 Å². The lowest BCUT2D eigenvalue weighted by Crippen LogP contribution is -2.30. The lowest BCUT2D eigenvalue weighted by Gasteiger charge is -2.34. The van der Waals surface area contributed by atoms with Crippen LogP contribution in [0.25, 0.3) is 0 Å². The minimum atomic E-state index is 0.536. The van der Waals surface area contributed by atoms with Crippen LogP contribution in [0.5, 0.6) is 0 Å². The van der Waals surface area contributed by atoms with Crippen LogP contribution in [0, 0.1) is 6.92 Å². The van der Waals surface area contributed by atoms with E-state index in [2.05, 4.69) is 76.7 Å². The quantitative estimate of drug-likeness (QED) is 0.731. The molecule has 0 spiro atoms. The lowest BCUT2D eigenvalue weighted by atomic mass is 9.80. The molecule has 2 aromatic carbocycles. The third kappa shape index (κ3) is 3.32. The van der Waals surface area contributed by atoms with Crippen molar-refractivity contribution in [1.82, 2.24) is 0 Å². The molecule has 3 rings (SSSR count). The van der Waals surface area contributed by atoms with Crippen LogP contribution >= 0.6 is 15.9 Å². The number of hydrogen-bond acceptors (Lipinski definition) is 1. The number of halogens is 1. The zero-order chi connectivity index (χ0) is 14.7. The second kappa shape index (κ2) is 6.65. The van der Waals surface area contributed by atoms with Gasteiger partial charge in [-0.05, 0) is 43.0 Å². The van der Waals surface area contributed by atoms with Gasteiger partial charge in [-0.15, -0.1) is 0 Å². The Bertz CT molecular complexity index is 594. The van der Waals surface area contributed by atoms with Crippen LogP contribution in [0.3, 0.4) is 0 Å². The highest BCUT2D eigenvalue weighted by Gasteiger charge is 2.26. The third-order valence-corrected chi connectivity index (χ3v) is 5.46. The highest BCUT2D eigenvalue weighted by Crippen LogP contribution is 2.36. The van der Waals surface area contributed by atoms with E-state index in [1.807, 2.05) is 0 Å². The molecular weight excluding hydrogens is 322 g/mol. The molecule has 1 fully saturated rings. The minimum Gasteiger partial charge on any atom is -0.381 e. The number of anilines is 1. The predicted octanol–water partition coefficient (Wildman–Crippen LogP) is 5.90. The van der Waals surface area contributed by atoms with Crippen LogP contribution in [0.4, 0.5) is 5.69 Å². The van der Waals surface area contributed by atoms with Crippen molar-refractivity contribution in [2.75, 3.05) is 5.32 Å². The molecule has 1 N–H and O–H groups in total. The molecule has 0 amide bonds. The largest absolute Gasteiger partial charge is 0.381 e. The van der Waals surface area contributed by atoms with E-state index in [0.29, 0.717) is 12.0 Å². The average Bonchev–Trinajstić information content (AvgIpc) is 2.53. The summed E-state index contributed by atoms with van der Waals surface area (Å²) in [4.78, 5) is 0. The van der Waals surface area contributed by atoms with Crippen molar-refractivity contribution in [3.05, 3.63) is 64.1 Å². The Hall–Kier alpha value is -1.28. The first-order valence-corrected chi connectivity index (χ1v) is 8.61. The predicted molar refractivity (Wildman–Crippen MR) is 93.9 cm³/mol. The first-order chi connectivity index (χ1) is 10.3. The fraction of sp³-hybridized carbons (Fsp3) is 0.368. The molecule has 0 aromatic heterocycles. The lowest BCUT2D eigenvalue weighted by molar-refractivity contribution is 0.405. The molecule has 1 aliphatic carbocycles. The van der Waals surface area contributed by atoms with Crippen LogP contribution in [0.1, 0.15) is 42.7 Å². The average molecular weight is 344 g/mol. The van der Waals surface area contributed by atoms with Crippen LogP contribution in [-0.4, -0.2) is 6.04 Å². The Labute approximate surface area is 135 Å². The molecule has 1 saturated carbocycles. The van der Waals surface area contributed by atoms with Crippen molar-refractivity contribution in [3.63, 3.8) is 0 Å². The van der Waals surface area contributed by atoms with Crippen molar-refractivity contribution in [2.24, 2.45) is 0 Å².